The van der Waals surface area contributed by atoms with E-state index in [1.807, 2.05) is 6.07 Å². The van der Waals surface area contributed by atoms with Crippen LogP contribution in [-0.2, 0) is 0 Å². The van der Waals surface area contributed by atoms with Crippen LogP contribution >= 0.6 is 15.9 Å². The Hall–Kier alpha value is -3.84. The van der Waals surface area contributed by atoms with Gasteiger partial charge in [0.05, 0.1) is 16.3 Å². The number of hydrogen-bond acceptors (Lipinski definition) is 4. The summed E-state index contributed by atoms with van der Waals surface area (Å²) in [6, 6.07) is 19.3. The number of aromatic nitrogens is 2. The molecule has 154 valence electrons. The van der Waals surface area contributed by atoms with Crippen molar-refractivity contribution in [2.75, 3.05) is 0 Å². The number of hydrogen-bond donors (Lipinski definition) is 0. The van der Waals surface area contributed by atoms with Crippen molar-refractivity contribution in [1.29, 1.82) is 0 Å². The molecule has 1 aromatic heterocycles. The van der Waals surface area contributed by atoms with Crippen LogP contribution in [0.25, 0.3) is 16.5 Å². The minimum Gasteiger partial charge on any atom is -0.289 e. The lowest BCUT2D eigenvalue weighted by atomic mass is 9.83. The van der Waals surface area contributed by atoms with E-state index in [-0.39, 0.29) is 39.0 Å². The third-order valence-electron chi connectivity index (χ3n) is 6.03. The summed E-state index contributed by atoms with van der Waals surface area (Å²) < 4.78 is 3.10. The molecule has 2 heterocycles. The first-order valence-electron chi connectivity index (χ1n) is 9.94. The average molecular weight is 485 g/mol. The number of fused-ring (bicyclic) bond motifs is 4. The van der Waals surface area contributed by atoms with Crippen LogP contribution in [0.5, 0.6) is 0 Å². The molecule has 0 N–H and O–H groups in total. The Kier molecular flexibility index (Phi) is 3.88. The van der Waals surface area contributed by atoms with Gasteiger partial charge < -0.3 is 0 Å². The van der Waals surface area contributed by atoms with E-state index in [2.05, 4.69) is 15.9 Å². The number of nitrogens with zero attached hydrogens (tertiary/aromatic N) is 2. The van der Waals surface area contributed by atoms with E-state index < -0.39 is 22.9 Å². The van der Waals surface area contributed by atoms with Crippen LogP contribution in [0.3, 0.4) is 0 Å². The second-order valence-corrected chi connectivity index (χ2v) is 8.65. The smallest absolute Gasteiger partial charge is 0.278 e. The lowest BCUT2D eigenvalue weighted by Gasteiger charge is -2.19. The maximum Gasteiger partial charge on any atom is 0.278 e. The number of allylic oxidation sites excluding steroid dienone is 2. The summed E-state index contributed by atoms with van der Waals surface area (Å²) in [4.78, 5) is 54.3. The summed E-state index contributed by atoms with van der Waals surface area (Å²) in [6.07, 6.45) is 0. The number of rotatable bonds is 1. The van der Waals surface area contributed by atoms with Gasteiger partial charge in [-0.3, -0.25) is 19.2 Å². The Morgan fingerprint density at radius 2 is 1.31 bits per heavy atom. The highest BCUT2D eigenvalue weighted by Crippen LogP contribution is 2.42. The minimum absolute atomic E-state index is 0.0495. The minimum atomic E-state index is -0.905. The molecule has 32 heavy (non-hydrogen) atoms. The van der Waals surface area contributed by atoms with Crippen molar-refractivity contribution in [2.45, 2.75) is 6.04 Å². The topological polar surface area (TPSA) is 78.1 Å². The average Bonchev–Trinajstić information content (AvgIpc) is 3.18. The van der Waals surface area contributed by atoms with Gasteiger partial charge in [0.2, 0.25) is 5.78 Å². The molecule has 2 aliphatic rings. The maximum atomic E-state index is 13.6. The lowest BCUT2D eigenvalue weighted by Crippen LogP contribution is -2.38. The summed E-state index contributed by atoms with van der Waals surface area (Å²) in [5, 5.41) is 0.445. The summed E-state index contributed by atoms with van der Waals surface area (Å²) in [5.41, 5.74) is 0.262. The number of ketones is 2. The maximum absolute atomic E-state index is 13.6. The van der Waals surface area contributed by atoms with Gasteiger partial charge in [0.1, 0.15) is 11.7 Å². The van der Waals surface area contributed by atoms with Gasteiger partial charge in [0, 0.05) is 15.6 Å². The molecular weight excluding hydrogens is 472 g/mol. The predicted molar refractivity (Wildman–Crippen MR) is 123 cm³/mol. The largest absolute Gasteiger partial charge is 0.289 e. The normalized spacial score (nSPS) is 16.8. The molecule has 0 spiro atoms. The van der Waals surface area contributed by atoms with Crippen LogP contribution in [0, 0.1) is 0 Å². The number of Topliss-reactive ketones (excluding diaryl/α,β-unsaturated/α-hetero) is 2. The van der Waals surface area contributed by atoms with Crippen LogP contribution in [0.2, 0.25) is 0 Å². The summed E-state index contributed by atoms with van der Waals surface area (Å²) in [5.74, 6) is -0.808. The van der Waals surface area contributed by atoms with Crippen molar-refractivity contribution < 1.29 is 9.59 Å². The Labute approximate surface area is 189 Å². The molecule has 0 saturated heterocycles. The van der Waals surface area contributed by atoms with Gasteiger partial charge in [-0.25, -0.2) is 9.36 Å². The number of benzene rings is 3. The summed E-state index contributed by atoms with van der Waals surface area (Å²) in [7, 11) is 0. The number of carbonyl (C=O) groups excluding carboxylic acids is 2. The molecule has 3 aromatic carbocycles. The van der Waals surface area contributed by atoms with Crippen molar-refractivity contribution in [1.82, 2.24) is 9.36 Å². The van der Waals surface area contributed by atoms with Crippen LogP contribution in [-0.4, -0.2) is 20.9 Å². The molecule has 0 saturated carbocycles. The zero-order chi connectivity index (χ0) is 22.1. The van der Waals surface area contributed by atoms with E-state index in [4.69, 9.17) is 0 Å². The third kappa shape index (κ3) is 2.34. The van der Waals surface area contributed by atoms with Crippen molar-refractivity contribution >= 4 is 44.0 Å². The van der Waals surface area contributed by atoms with E-state index in [1.54, 1.807) is 66.7 Å². The van der Waals surface area contributed by atoms with Gasteiger partial charge in [-0.15, -0.1) is 0 Å². The molecule has 6 rings (SSSR count). The van der Waals surface area contributed by atoms with Crippen molar-refractivity contribution in [2.24, 2.45) is 0 Å². The fourth-order valence-corrected chi connectivity index (χ4v) is 5.09. The highest BCUT2D eigenvalue weighted by Gasteiger charge is 2.45. The Balaban J connectivity index is 1.80. The quantitative estimate of drug-likeness (QED) is 0.411. The highest BCUT2D eigenvalue weighted by molar-refractivity contribution is 9.10. The second kappa shape index (κ2) is 6.58. The van der Waals surface area contributed by atoms with Gasteiger partial charge in [0.25, 0.3) is 11.1 Å². The third-order valence-corrected chi connectivity index (χ3v) is 6.52. The molecule has 4 aromatic rings. The molecule has 1 unspecified atom stereocenters. The molecule has 1 aliphatic carbocycles. The van der Waals surface area contributed by atoms with Gasteiger partial charge in [-0.1, -0.05) is 64.5 Å². The molecular formula is C25H13BrN2O4. The molecule has 0 amide bonds. The van der Waals surface area contributed by atoms with E-state index in [1.165, 1.54) is 4.68 Å². The first kappa shape index (κ1) is 18.9. The van der Waals surface area contributed by atoms with Crippen LogP contribution < -0.4 is 11.1 Å². The molecule has 6 nitrogen and oxygen atoms in total. The first-order valence-corrected chi connectivity index (χ1v) is 10.7. The predicted octanol–water partition coefficient (Wildman–Crippen LogP) is 3.82. The molecule has 1 atom stereocenters. The van der Waals surface area contributed by atoms with Gasteiger partial charge in [-0.2, -0.15) is 0 Å². The van der Waals surface area contributed by atoms with Crippen LogP contribution in [0.1, 0.15) is 32.3 Å². The molecule has 1 aliphatic heterocycles. The molecule has 0 bridgehead atoms. The fraction of sp³-hybridized carbons (Fsp3) is 0.0400. The van der Waals surface area contributed by atoms with Gasteiger partial charge >= 0.3 is 0 Å². The first-order chi connectivity index (χ1) is 15.5. The summed E-state index contributed by atoms with van der Waals surface area (Å²) >= 11 is 3.44. The zero-order valence-corrected chi connectivity index (χ0v) is 18.0. The van der Waals surface area contributed by atoms with Crippen molar-refractivity contribution in [3.05, 3.63) is 120 Å². The van der Waals surface area contributed by atoms with Crippen LogP contribution in [0.15, 0.2) is 92.4 Å². The molecule has 0 fully saturated rings. The monoisotopic (exact) mass is 484 g/mol. The van der Waals surface area contributed by atoms with Crippen molar-refractivity contribution in [3.8, 4) is 0 Å². The highest BCUT2D eigenvalue weighted by atomic mass is 79.9. The standard InChI is InChI=1S/C25H13BrN2O4/c26-14-7-5-6-13(12-14)20-19-21(23(30)16-9-2-1-8-15(16)22(19)29)28-25(32)18-11-4-3-10-17(18)24(31)27(20)28/h1-12,20H. The zero-order valence-electron chi connectivity index (χ0n) is 16.4. The Morgan fingerprint density at radius 3 is 2.00 bits per heavy atom. The van der Waals surface area contributed by atoms with Gasteiger partial charge in [0.15, 0.2) is 5.78 Å². The summed E-state index contributed by atoms with van der Waals surface area (Å²) in [6.45, 7) is 0. The number of carbonyl (C=O) groups is 2. The Morgan fingerprint density at radius 1 is 0.688 bits per heavy atom. The lowest BCUT2D eigenvalue weighted by molar-refractivity contribution is 0.0987. The van der Waals surface area contributed by atoms with E-state index in [9.17, 15) is 19.2 Å². The van der Waals surface area contributed by atoms with Gasteiger partial charge in [-0.05, 0) is 29.8 Å². The second-order valence-electron chi connectivity index (χ2n) is 7.74. The van der Waals surface area contributed by atoms with E-state index >= 15 is 0 Å². The van der Waals surface area contributed by atoms with Crippen LogP contribution in [0.4, 0.5) is 0 Å². The fourth-order valence-electron chi connectivity index (χ4n) is 4.68. The number of halogens is 1. The molecule has 0 radical (unpaired) electrons. The molecule has 7 heteroatoms. The SMILES string of the molecule is O=C1C2=C(C(=O)c3ccccc31)n1c(=O)c3ccccc3c(=O)n1C2c1cccc(Br)c1. The Bertz CT molecular complexity index is 1680. The van der Waals surface area contributed by atoms with E-state index in [0.717, 1.165) is 9.15 Å². The van der Waals surface area contributed by atoms with Crippen molar-refractivity contribution in [3.63, 3.8) is 0 Å². The van der Waals surface area contributed by atoms with E-state index in [0.29, 0.717) is 5.56 Å².